The van der Waals surface area contributed by atoms with Crippen LogP contribution in [0.3, 0.4) is 0 Å². The third-order valence-electron chi connectivity index (χ3n) is 4.31. The van der Waals surface area contributed by atoms with Crippen LogP contribution in [-0.4, -0.2) is 17.4 Å². The number of nitrogens with zero attached hydrogens (tertiary/aromatic N) is 1. The summed E-state index contributed by atoms with van der Waals surface area (Å²) < 4.78 is 0. The van der Waals surface area contributed by atoms with Crippen molar-refractivity contribution in [1.29, 1.82) is 0 Å². The first kappa shape index (κ1) is 15.1. The number of hydrogen-bond donors (Lipinski definition) is 0. The van der Waals surface area contributed by atoms with Crippen LogP contribution in [-0.2, 0) is 11.2 Å². The zero-order valence-electron chi connectivity index (χ0n) is 12.5. The predicted molar refractivity (Wildman–Crippen MR) is 89.9 cm³/mol. The van der Waals surface area contributed by atoms with E-state index >= 15 is 0 Å². The summed E-state index contributed by atoms with van der Waals surface area (Å²) in [5.41, 5.74) is 2.29. The Morgan fingerprint density at radius 3 is 2.59 bits per heavy atom. The molecule has 0 unspecified atom stereocenters. The van der Waals surface area contributed by atoms with Gasteiger partial charge in [-0.1, -0.05) is 60.1 Å². The van der Waals surface area contributed by atoms with Crippen molar-refractivity contribution in [1.82, 2.24) is 4.90 Å². The van der Waals surface area contributed by atoms with E-state index in [9.17, 15) is 4.79 Å². The molecule has 1 atom stereocenters. The number of rotatable bonds is 4. The summed E-state index contributed by atoms with van der Waals surface area (Å²) in [6.45, 7) is 0.837. The Labute approximate surface area is 136 Å². The summed E-state index contributed by atoms with van der Waals surface area (Å²) in [6.07, 6.45) is 3.41. The van der Waals surface area contributed by atoms with Gasteiger partial charge >= 0.3 is 0 Å². The molecule has 1 fully saturated rings. The maximum atomic E-state index is 12.6. The summed E-state index contributed by atoms with van der Waals surface area (Å²) in [7, 11) is 0. The van der Waals surface area contributed by atoms with E-state index in [1.165, 1.54) is 5.56 Å². The molecular weight excluding hydrogens is 294 g/mol. The molecule has 0 bridgehead atoms. The van der Waals surface area contributed by atoms with E-state index in [4.69, 9.17) is 11.6 Å². The maximum Gasteiger partial charge on any atom is 0.223 e. The number of carbonyl (C=O) groups excluding carboxylic acids is 1. The molecule has 2 aromatic rings. The normalized spacial score (nSPS) is 17.7. The average Bonchev–Trinajstić information content (AvgIpc) is 3.03. The zero-order valence-corrected chi connectivity index (χ0v) is 13.3. The lowest BCUT2D eigenvalue weighted by atomic mass is 10.0. The molecular formula is C19H20ClNO. The highest BCUT2D eigenvalue weighted by atomic mass is 35.5. The topological polar surface area (TPSA) is 20.3 Å². The van der Waals surface area contributed by atoms with Crippen LogP contribution in [0, 0.1) is 0 Å². The quantitative estimate of drug-likeness (QED) is 0.805. The molecule has 1 saturated heterocycles. The molecule has 3 heteroatoms. The second-order valence-electron chi connectivity index (χ2n) is 5.75. The fourth-order valence-corrected chi connectivity index (χ4v) is 3.44. The predicted octanol–water partition coefficient (Wildman–Crippen LogP) is 4.64. The summed E-state index contributed by atoms with van der Waals surface area (Å²) in [6, 6.07) is 18.2. The number of benzene rings is 2. The second-order valence-corrected chi connectivity index (χ2v) is 6.16. The molecule has 0 N–H and O–H groups in total. The first-order valence-electron chi connectivity index (χ1n) is 7.83. The van der Waals surface area contributed by atoms with Crippen LogP contribution in [0.4, 0.5) is 0 Å². The summed E-state index contributed by atoms with van der Waals surface area (Å²) in [4.78, 5) is 14.6. The molecule has 0 aliphatic carbocycles. The Balaban J connectivity index is 1.68. The molecule has 0 spiro atoms. The minimum atomic E-state index is 0.136. The van der Waals surface area contributed by atoms with E-state index in [1.807, 2.05) is 47.4 Å². The lowest BCUT2D eigenvalue weighted by Crippen LogP contribution is -2.30. The molecule has 1 heterocycles. The summed E-state index contributed by atoms with van der Waals surface area (Å²) in [5.74, 6) is 0.228. The van der Waals surface area contributed by atoms with E-state index in [2.05, 4.69) is 12.1 Å². The van der Waals surface area contributed by atoms with Crippen molar-refractivity contribution < 1.29 is 4.79 Å². The highest BCUT2D eigenvalue weighted by Gasteiger charge is 2.30. The lowest BCUT2D eigenvalue weighted by molar-refractivity contribution is -0.132. The largest absolute Gasteiger partial charge is 0.336 e. The Morgan fingerprint density at radius 1 is 1.09 bits per heavy atom. The number of hydrogen-bond acceptors (Lipinski definition) is 1. The van der Waals surface area contributed by atoms with Gasteiger partial charge in [-0.2, -0.15) is 0 Å². The second kappa shape index (κ2) is 6.97. The van der Waals surface area contributed by atoms with Crippen LogP contribution in [0.1, 0.15) is 36.4 Å². The van der Waals surface area contributed by atoms with Crippen molar-refractivity contribution >= 4 is 17.5 Å². The minimum Gasteiger partial charge on any atom is -0.336 e. The molecule has 2 nitrogen and oxygen atoms in total. The first-order valence-corrected chi connectivity index (χ1v) is 8.21. The van der Waals surface area contributed by atoms with Crippen LogP contribution in [0.25, 0.3) is 0 Å². The van der Waals surface area contributed by atoms with Crippen molar-refractivity contribution in [3.63, 3.8) is 0 Å². The van der Waals surface area contributed by atoms with Gasteiger partial charge in [-0.3, -0.25) is 4.79 Å². The third-order valence-corrected chi connectivity index (χ3v) is 4.65. The van der Waals surface area contributed by atoms with E-state index in [0.29, 0.717) is 6.42 Å². The Bertz CT molecular complexity index is 641. The molecule has 3 rings (SSSR count). The fourth-order valence-electron chi connectivity index (χ4n) is 3.17. The van der Waals surface area contributed by atoms with Crippen LogP contribution >= 0.6 is 11.6 Å². The van der Waals surface area contributed by atoms with E-state index < -0.39 is 0 Å². The van der Waals surface area contributed by atoms with Gasteiger partial charge in [0.25, 0.3) is 0 Å². The minimum absolute atomic E-state index is 0.136. The van der Waals surface area contributed by atoms with E-state index in [1.54, 1.807) is 0 Å². The smallest absolute Gasteiger partial charge is 0.223 e. The van der Waals surface area contributed by atoms with E-state index in [0.717, 1.165) is 36.4 Å². The van der Waals surface area contributed by atoms with E-state index in [-0.39, 0.29) is 11.9 Å². The first-order chi connectivity index (χ1) is 10.8. The SMILES string of the molecule is O=C(CCc1ccccc1)N1CCC[C@@H]1c1ccccc1Cl. The average molecular weight is 314 g/mol. The van der Waals surface area contributed by atoms with Gasteiger partial charge in [-0.25, -0.2) is 0 Å². The molecule has 1 aliphatic rings. The fraction of sp³-hybridized carbons (Fsp3) is 0.316. The van der Waals surface area contributed by atoms with Crippen LogP contribution in [0.15, 0.2) is 54.6 Å². The van der Waals surface area contributed by atoms with Crippen molar-refractivity contribution in [3.05, 3.63) is 70.7 Å². The molecule has 114 valence electrons. The van der Waals surface area contributed by atoms with Crippen LogP contribution in [0.2, 0.25) is 5.02 Å². The van der Waals surface area contributed by atoms with Crippen molar-refractivity contribution in [3.8, 4) is 0 Å². The molecule has 2 aromatic carbocycles. The Kier molecular flexibility index (Phi) is 4.79. The number of likely N-dealkylation sites (tertiary alicyclic amines) is 1. The van der Waals surface area contributed by atoms with Crippen molar-refractivity contribution in [2.24, 2.45) is 0 Å². The molecule has 0 radical (unpaired) electrons. The highest BCUT2D eigenvalue weighted by molar-refractivity contribution is 6.31. The van der Waals surface area contributed by atoms with Gasteiger partial charge in [0.2, 0.25) is 5.91 Å². The molecule has 0 aromatic heterocycles. The number of halogens is 1. The van der Waals surface area contributed by atoms with Gasteiger partial charge in [0.1, 0.15) is 0 Å². The van der Waals surface area contributed by atoms with Gasteiger partial charge in [0.15, 0.2) is 0 Å². The van der Waals surface area contributed by atoms with Gasteiger partial charge in [-0.05, 0) is 36.5 Å². The molecule has 1 aliphatic heterocycles. The molecule has 22 heavy (non-hydrogen) atoms. The zero-order chi connectivity index (χ0) is 15.4. The van der Waals surface area contributed by atoms with Gasteiger partial charge in [0.05, 0.1) is 6.04 Å². The third kappa shape index (κ3) is 3.33. The molecule has 1 amide bonds. The van der Waals surface area contributed by atoms with Gasteiger partial charge in [0, 0.05) is 18.0 Å². The lowest BCUT2D eigenvalue weighted by Gasteiger charge is -2.26. The standard InChI is InChI=1S/C19H20ClNO/c20-17-10-5-4-9-16(17)18-11-6-14-21(18)19(22)13-12-15-7-2-1-3-8-15/h1-5,7-10,18H,6,11-14H2/t18-/m1/s1. The Hall–Kier alpha value is -1.80. The van der Waals surface area contributed by atoms with Crippen LogP contribution < -0.4 is 0 Å². The van der Waals surface area contributed by atoms with Crippen molar-refractivity contribution in [2.45, 2.75) is 31.7 Å². The number of aryl methyl sites for hydroxylation is 1. The highest BCUT2D eigenvalue weighted by Crippen LogP contribution is 2.36. The number of amides is 1. The Morgan fingerprint density at radius 2 is 1.82 bits per heavy atom. The van der Waals surface area contributed by atoms with Crippen LogP contribution in [0.5, 0.6) is 0 Å². The van der Waals surface area contributed by atoms with Gasteiger partial charge < -0.3 is 4.90 Å². The van der Waals surface area contributed by atoms with Gasteiger partial charge in [-0.15, -0.1) is 0 Å². The number of carbonyl (C=O) groups is 1. The molecule has 0 saturated carbocycles. The summed E-state index contributed by atoms with van der Waals surface area (Å²) >= 11 is 6.31. The monoisotopic (exact) mass is 313 g/mol. The summed E-state index contributed by atoms with van der Waals surface area (Å²) in [5, 5.41) is 0.759. The maximum absolute atomic E-state index is 12.6. The van der Waals surface area contributed by atoms with Crippen molar-refractivity contribution in [2.75, 3.05) is 6.54 Å².